The molecular formula is C8H9FN3+. The van der Waals surface area contributed by atoms with Gasteiger partial charge in [-0.2, -0.15) is 0 Å². The summed E-state index contributed by atoms with van der Waals surface area (Å²) in [4.78, 5) is 2.88. The molecule has 0 spiro atoms. The number of anilines is 1. The van der Waals surface area contributed by atoms with Gasteiger partial charge in [0.05, 0.1) is 6.54 Å². The largest absolute Gasteiger partial charge is 0.346 e. The SMILES string of the molecule is NC1=[NH+]Cc2cc(F)ccc2N1. The van der Waals surface area contributed by atoms with Gasteiger partial charge in [-0.25, -0.2) is 9.71 Å². The van der Waals surface area contributed by atoms with Crippen LogP contribution in [0.1, 0.15) is 5.56 Å². The first-order chi connectivity index (χ1) is 5.75. The van der Waals surface area contributed by atoms with Gasteiger partial charge in [0.15, 0.2) is 0 Å². The van der Waals surface area contributed by atoms with Crippen LogP contribution in [0.4, 0.5) is 10.1 Å². The van der Waals surface area contributed by atoms with Crippen molar-refractivity contribution in [2.45, 2.75) is 6.54 Å². The Labute approximate surface area is 69.1 Å². The second-order valence-electron chi connectivity index (χ2n) is 2.69. The fourth-order valence-corrected chi connectivity index (χ4v) is 1.21. The lowest BCUT2D eigenvalue weighted by molar-refractivity contribution is -0.477. The van der Waals surface area contributed by atoms with Crippen LogP contribution in [0.2, 0.25) is 0 Å². The fourth-order valence-electron chi connectivity index (χ4n) is 1.21. The Balaban J connectivity index is 2.43. The van der Waals surface area contributed by atoms with E-state index in [1.54, 1.807) is 6.07 Å². The maximum atomic E-state index is 12.7. The van der Waals surface area contributed by atoms with Crippen LogP contribution >= 0.6 is 0 Å². The van der Waals surface area contributed by atoms with Crippen molar-refractivity contribution < 1.29 is 9.38 Å². The Hall–Kier alpha value is -1.58. The normalized spacial score (nSPS) is 14.6. The minimum absolute atomic E-state index is 0.224. The van der Waals surface area contributed by atoms with Crippen molar-refractivity contribution in [3.05, 3.63) is 29.6 Å². The molecule has 1 aliphatic heterocycles. The third kappa shape index (κ3) is 1.11. The van der Waals surface area contributed by atoms with Crippen molar-refractivity contribution in [3.8, 4) is 0 Å². The molecule has 4 heteroatoms. The molecule has 3 nitrogen and oxygen atoms in total. The number of halogens is 1. The molecular weight excluding hydrogens is 157 g/mol. The highest BCUT2D eigenvalue weighted by atomic mass is 19.1. The lowest BCUT2D eigenvalue weighted by atomic mass is 10.1. The van der Waals surface area contributed by atoms with Crippen LogP contribution < -0.4 is 16.0 Å². The summed E-state index contributed by atoms with van der Waals surface area (Å²) in [6.07, 6.45) is 0. The average Bonchev–Trinajstić information content (AvgIpc) is 2.05. The maximum Gasteiger partial charge on any atom is 0.346 e. The van der Waals surface area contributed by atoms with Crippen molar-refractivity contribution in [2.24, 2.45) is 5.73 Å². The first kappa shape index (κ1) is 7.09. The quantitative estimate of drug-likeness (QED) is 0.470. The fraction of sp³-hybridized carbons (Fsp3) is 0.125. The minimum atomic E-state index is -0.224. The first-order valence-electron chi connectivity index (χ1n) is 3.67. The Morgan fingerprint density at radius 3 is 3.17 bits per heavy atom. The van der Waals surface area contributed by atoms with Crippen LogP contribution in [0.25, 0.3) is 0 Å². The lowest BCUT2D eigenvalue weighted by Crippen LogP contribution is -2.77. The number of rotatable bonds is 0. The van der Waals surface area contributed by atoms with Crippen LogP contribution in [-0.4, -0.2) is 5.96 Å². The molecule has 0 radical (unpaired) electrons. The summed E-state index contributed by atoms with van der Waals surface area (Å²) >= 11 is 0. The van der Waals surface area contributed by atoms with E-state index < -0.39 is 0 Å². The zero-order chi connectivity index (χ0) is 8.55. The van der Waals surface area contributed by atoms with E-state index in [1.807, 2.05) is 0 Å². The smallest absolute Gasteiger partial charge is 0.291 e. The van der Waals surface area contributed by atoms with Crippen molar-refractivity contribution in [2.75, 3.05) is 5.32 Å². The van der Waals surface area contributed by atoms with E-state index in [0.29, 0.717) is 12.5 Å². The molecule has 0 unspecified atom stereocenters. The van der Waals surface area contributed by atoms with Gasteiger partial charge in [-0.15, -0.1) is 0 Å². The lowest BCUT2D eigenvalue weighted by Gasteiger charge is -2.09. The van der Waals surface area contributed by atoms with E-state index in [0.717, 1.165) is 11.3 Å². The van der Waals surface area contributed by atoms with E-state index in [4.69, 9.17) is 5.73 Å². The second kappa shape index (κ2) is 2.48. The van der Waals surface area contributed by atoms with Crippen molar-refractivity contribution in [1.82, 2.24) is 0 Å². The first-order valence-corrected chi connectivity index (χ1v) is 3.67. The molecule has 1 aromatic rings. The highest BCUT2D eigenvalue weighted by molar-refractivity contribution is 5.89. The van der Waals surface area contributed by atoms with Gasteiger partial charge < -0.3 is 0 Å². The number of nitrogens with one attached hydrogen (secondary N) is 2. The molecule has 1 heterocycles. The molecule has 0 aromatic heterocycles. The van der Waals surface area contributed by atoms with Crippen LogP contribution in [0.5, 0.6) is 0 Å². The van der Waals surface area contributed by atoms with E-state index in [-0.39, 0.29) is 5.82 Å². The van der Waals surface area contributed by atoms with E-state index in [1.165, 1.54) is 12.1 Å². The van der Waals surface area contributed by atoms with Crippen molar-refractivity contribution in [3.63, 3.8) is 0 Å². The monoisotopic (exact) mass is 166 g/mol. The van der Waals surface area contributed by atoms with Gasteiger partial charge in [0.1, 0.15) is 11.5 Å². The summed E-state index contributed by atoms with van der Waals surface area (Å²) in [6, 6.07) is 4.57. The molecule has 0 saturated heterocycles. The number of hydrogen-bond acceptors (Lipinski definition) is 2. The molecule has 0 aliphatic carbocycles. The van der Waals surface area contributed by atoms with Crippen molar-refractivity contribution >= 4 is 11.6 Å². The van der Waals surface area contributed by atoms with Gasteiger partial charge in [0.25, 0.3) is 0 Å². The van der Waals surface area contributed by atoms with Crippen LogP contribution in [0.15, 0.2) is 18.2 Å². The van der Waals surface area contributed by atoms with Crippen LogP contribution in [0, 0.1) is 5.82 Å². The van der Waals surface area contributed by atoms with E-state index >= 15 is 0 Å². The number of hydrogen-bond donors (Lipinski definition) is 3. The Kier molecular flexibility index (Phi) is 1.46. The average molecular weight is 166 g/mol. The third-order valence-corrected chi connectivity index (χ3v) is 1.81. The summed E-state index contributed by atoms with van der Waals surface area (Å²) in [6.45, 7) is 0.575. The van der Waals surface area contributed by atoms with Gasteiger partial charge >= 0.3 is 5.96 Å². The molecule has 62 valence electrons. The summed E-state index contributed by atoms with van der Waals surface area (Å²) in [5.41, 5.74) is 7.25. The van der Waals surface area contributed by atoms with E-state index in [9.17, 15) is 4.39 Å². The Bertz CT molecular complexity index is 346. The maximum absolute atomic E-state index is 12.7. The zero-order valence-corrected chi connectivity index (χ0v) is 6.39. The zero-order valence-electron chi connectivity index (χ0n) is 6.39. The number of fused-ring (bicyclic) bond motifs is 1. The molecule has 0 saturated carbocycles. The van der Waals surface area contributed by atoms with Gasteiger partial charge in [-0.05, 0) is 18.2 Å². The summed E-state index contributed by atoms with van der Waals surface area (Å²) in [5, 5.41) is 2.90. The number of nitrogens with two attached hydrogens (primary N) is 1. The standard InChI is InChI=1S/C8H8FN3/c9-6-1-2-7-5(3-6)4-11-8(10)12-7/h1-3H,4H2,(H3,10,11,12)/p+1. The molecule has 1 aromatic carbocycles. The second-order valence-corrected chi connectivity index (χ2v) is 2.69. The molecule has 1 aliphatic rings. The van der Waals surface area contributed by atoms with Gasteiger partial charge in [-0.1, -0.05) is 0 Å². The Morgan fingerprint density at radius 1 is 1.50 bits per heavy atom. The molecule has 4 N–H and O–H groups in total. The van der Waals surface area contributed by atoms with E-state index in [2.05, 4.69) is 10.3 Å². The number of benzene rings is 1. The molecule has 0 bridgehead atoms. The Morgan fingerprint density at radius 2 is 2.33 bits per heavy atom. The van der Waals surface area contributed by atoms with Gasteiger partial charge in [-0.3, -0.25) is 10.7 Å². The molecule has 0 amide bonds. The summed E-state index contributed by atoms with van der Waals surface area (Å²) in [7, 11) is 0. The van der Waals surface area contributed by atoms with Crippen LogP contribution in [0.3, 0.4) is 0 Å². The molecule has 2 rings (SSSR count). The third-order valence-electron chi connectivity index (χ3n) is 1.81. The minimum Gasteiger partial charge on any atom is -0.291 e. The summed E-state index contributed by atoms with van der Waals surface area (Å²) in [5.74, 6) is 0.284. The molecule has 0 atom stereocenters. The van der Waals surface area contributed by atoms with Crippen LogP contribution in [-0.2, 0) is 6.54 Å². The summed E-state index contributed by atoms with van der Waals surface area (Å²) < 4.78 is 12.7. The topological polar surface area (TPSA) is 52.0 Å². The molecule has 0 fully saturated rings. The molecule has 12 heavy (non-hydrogen) atoms. The van der Waals surface area contributed by atoms with Gasteiger partial charge in [0, 0.05) is 5.56 Å². The number of guanidine groups is 1. The highest BCUT2D eigenvalue weighted by Crippen LogP contribution is 2.16. The predicted octanol–water partition coefficient (Wildman–Crippen LogP) is -0.854. The highest BCUT2D eigenvalue weighted by Gasteiger charge is 2.13. The van der Waals surface area contributed by atoms with Gasteiger partial charge in [0.2, 0.25) is 0 Å². The predicted molar refractivity (Wildman–Crippen MR) is 43.9 cm³/mol. The van der Waals surface area contributed by atoms with Crippen molar-refractivity contribution in [1.29, 1.82) is 0 Å².